The predicted octanol–water partition coefficient (Wildman–Crippen LogP) is 4.31. The molecule has 0 atom stereocenters. The summed E-state index contributed by atoms with van der Waals surface area (Å²) in [5.74, 6) is 1.49. The number of nitrogens with one attached hydrogen (secondary N) is 1. The van der Waals surface area contributed by atoms with Gasteiger partial charge < -0.3 is 13.9 Å². The Labute approximate surface area is 172 Å². The van der Waals surface area contributed by atoms with Gasteiger partial charge in [-0.2, -0.15) is 0 Å². The van der Waals surface area contributed by atoms with Gasteiger partial charge in [-0.3, -0.25) is 10.1 Å². The van der Waals surface area contributed by atoms with Gasteiger partial charge in [-0.15, -0.1) is 5.10 Å². The highest BCUT2D eigenvalue weighted by atomic mass is 16.7. The molecule has 0 unspecified atom stereocenters. The van der Waals surface area contributed by atoms with Crippen LogP contribution in [0.4, 0.5) is 6.01 Å². The first-order valence-electron chi connectivity index (χ1n) is 9.42. The number of benzene rings is 3. The Bertz CT molecular complexity index is 1190. The summed E-state index contributed by atoms with van der Waals surface area (Å²) in [6, 6.07) is 23.0. The Kier molecular flexibility index (Phi) is 4.61. The van der Waals surface area contributed by atoms with Gasteiger partial charge >= 0.3 is 6.01 Å². The van der Waals surface area contributed by atoms with Crippen LogP contribution in [0.2, 0.25) is 0 Å². The van der Waals surface area contributed by atoms with Crippen molar-refractivity contribution in [2.75, 3.05) is 12.1 Å². The summed E-state index contributed by atoms with van der Waals surface area (Å²) in [6.45, 7) is 0.224. The highest BCUT2D eigenvalue weighted by molar-refractivity contribution is 6.03. The van der Waals surface area contributed by atoms with Crippen LogP contribution in [0.1, 0.15) is 21.8 Å². The molecule has 1 aliphatic rings. The number of hydrogen-bond acceptors (Lipinski definition) is 6. The lowest BCUT2D eigenvalue weighted by molar-refractivity contribution is 0.102. The number of amides is 1. The Morgan fingerprint density at radius 3 is 2.47 bits per heavy atom. The number of anilines is 1. The molecular weight excluding hydrogens is 382 g/mol. The molecule has 2 heterocycles. The smallest absolute Gasteiger partial charge is 0.322 e. The number of nitrogens with zero attached hydrogens (tertiary/aromatic N) is 2. The summed E-state index contributed by atoms with van der Waals surface area (Å²) in [5, 5.41) is 10.6. The third-order valence-corrected chi connectivity index (χ3v) is 4.73. The van der Waals surface area contributed by atoms with Gasteiger partial charge in [-0.05, 0) is 41.0 Å². The molecule has 1 N–H and O–H groups in total. The van der Waals surface area contributed by atoms with Crippen LogP contribution in [-0.2, 0) is 6.42 Å². The van der Waals surface area contributed by atoms with Crippen molar-refractivity contribution in [3.8, 4) is 22.6 Å². The van der Waals surface area contributed by atoms with Gasteiger partial charge in [-0.1, -0.05) is 53.6 Å². The number of hydrogen-bond donors (Lipinski definition) is 1. The van der Waals surface area contributed by atoms with E-state index in [4.69, 9.17) is 13.9 Å². The van der Waals surface area contributed by atoms with Crippen molar-refractivity contribution < 1.29 is 18.7 Å². The van der Waals surface area contributed by atoms with Crippen LogP contribution in [0, 0.1) is 0 Å². The normalized spacial score (nSPS) is 12.0. The molecule has 0 spiro atoms. The molecule has 3 aromatic carbocycles. The summed E-state index contributed by atoms with van der Waals surface area (Å²) in [5.41, 5.74) is 3.58. The van der Waals surface area contributed by atoms with Crippen molar-refractivity contribution in [1.82, 2.24) is 10.2 Å². The summed E-state index contributed by atoms with van der Waals surface area (Å²) in [6.07, 6.45) is 0.422. The maximum absolute atomic E-state index is 12.5. The van der Waals surface area contributed by atoms with Gasteiger partial charge in [0.15, 0.2) is 11.5 Å². The Hall–Kier alpha value is -4.13. The fourth-order valence-electron chi connectivity index (χ4n) is 3.22. The number of rotatable bonds is 5. The molecule has 7 nitrogen and oxygen atoms in total. The molecule has 0 fully saturated rings. The molecule has 1 aliphatic heterocycles. The van der Waals surface area contributed by atoms with Gasteiger partial charge in [0.05, 0.1) is 6.42 Å². The number of carbonyl (C=O) groups excluding carboxylic acids is 1. The van der Waals surface area contributed by atoms with E-state index in [0.717, 1.165) is 22.4 Å². The van der Waals surface area contributed by atoms with E-state index in [0.29, 0.717) is 23.6 Å². The zero-order valence-electron chi connectivity index (χ0n) is 15.9. The van der Waals surface area contributed by atoms with Crippen LogP contribution in [0.15, 0.2) is 77.2 Å². The van der Waals surface area contributed by atoms with Gasteiger partial charge in [0.25, 0.3) is 5.91 Å². The van der Waals surface area contributed by atoms with Gasteiger partial charge in [0, 0.05) is 5.56 Å². The fraction of sp³-hybridized carbons (Fsp3) is 0.0870. The summed E-state index contributed by atoms with van der Waals surface area (Å²) in [4.78, 5) is 12.5. The van der Waals surface area contributed by atoms with Gasteiger partial charge in [-0.25, -0.2) is 0 Å². The quantitative estimate of drug-likeness (QED) is 0.538. The van der Waals surface area contributed by atoms with E-state index >= 15 is 0 Å². The minimum absolute atomic E-state index is 0.0582. The van der Waals surface area contributed by atoms with Gasteiger partial charge in [0.1, 0.15) is 0 Å². The molecule has 30 heavy (non-hydrogen) atoms. The van der Waals surface area contributed by atoms with Crippen LogP contribution >= 0.6 is 0 Å². The fourth-order valence-corrected chi connectivity index (χ4v) is 3.22. The van der Waals surface area contributed by atoms with E-state index in [9.17, 15) is 4.79 Å². The molecule has 1 amide bonds. The maximum Gasteiger partial charge on any atom is 0.322 e. The lowest BCUT2D eigenvalue weighted by Gasteiger charge is -2.04. The lowest BCUT2D eigenvalue weighted by atomic mass is 10.0. The average Bonchev–Trinajstić information content (AvgIpc) is 3.43. The average molecular weight is 399 g/mol. The molecule has 0 radical (unpaired) electrons. The van der Waals surface area contributed by atoms with E-state index in [1.54, 1.807) is 12.1 Å². The SMILES string of the molecule is O=C(Nc1nnc(Cc2ccc3c(c2)OCO3)o1)c1ccc(-c2ccccc2)cc1. The molecule has 0 saturated carbocycles. The zero-order chi connectivity index (χ0) is 20.3. The van der Waals surface area contributed by atoms with Crippen molar-refractivity contribution in [1.29, 1.82) is 0 Å². The Balaban J connectivity index is 1.24. The first-order chi connectivity index (χ1) is 14.7. The topological polar surface area (TPSA) is 86.5 Å². The summed E-state index contributed by atoms with van der Waals surface area (Å²) < 4.78 is 16.2. The highest BCUT2D eigenvalue weighted by Gasteiger charge is 2.16. The molecule has 1 aromatic heterocycles. The lowest BCUT2D eigenvalue weighted by Crippen LogP contribution is -2.11. The molecule has 5 rings (SSSR count). The van der Waals surface area contributed by atoms with Crippen LogP contribution in [0.25, 0.3) is 11.1 Å². The van der Waals surface area contributed by atoms with Crippen molar-refractivity contribution in [3.63, 3.8) is 0 Å². The van der Waals surface area contributed by atoms with Crippen LogP contribution in [0.5, 0.6) is 11.5 Å². The Morgan fingerprint density at radius 1 is 0.867 bits per heavy atom. The predicted molar refractivity (Wildman–Crippen MR) is 110 cm³/mol. The van der Waals surface area contributed by atoms with E-state index in [-0.39, 0.29) is 18.7 Å². The first-order valence-corrected chi connectivity index (χ1v) is 9.42. The first kappa shape index (κ1) is 17.9. The third kappa shape index (κ3) is 3.73. The van der Waals surface area contributed by atoms with E-state index in [2.05, 4.69) is 15.5 Å². The second-order valence-corrected chi connectivity index (χ2v) is 6.76. The van der Waals surface area contributed by atoms with Crippen LogP contribution in [-0.4, -0.2) is 22.9 Å². The van der Waals surface area contributed by atoms with Gasteiger partial charge in [0.2, 0.25) is 12.7 Å². The standard InChI is InChI=1S/C23H17N3O4/c27-22(18-9-7-17(8-10-18)16-4-2-1-3-5-16)24-23-26-25-21(30-23)13-15-6-11-19-20(12-15)29-14-28-19/h1-12H,13-14H2,(H,24,26,27). The Morgan fingerprint density at radius 2 is 1.63 bits per heavy atom. The zero-order valence-corrected chi connectivity index (χ0v) is 15.9. The summed E-state index contributed by atoms with van der Waals surface area (Å²) >= 11 is 0. The molecular formula is C23H17N3O4. The highest BCUT2D eigenvalue weighted by Crippen LogP contribution is 2.33. The van der Waals surface area contributed by atoms with E-state index in [1.165, 1.54) is 0 Å². The number of fused-ring (bicyclic) bond motifs is 1. The van der Waals surface area contributed by atoms with Crippen molar-refractivity contribution >= 4 is 11.9 Å². The molecule has 148 valence electrons. The molecule has 4 aromatic rings. The monoisotopic (exact) mass is 399 g/mol. The van der Waals surface area contributed by atoms with E-state index in [1.807, 2.05) is 60.7 Å². The second-order valence-electron chi connectivity index (χ2n) is 6.76. The largest absolute Gasteiger partial charge is 0.454 e. The van der Waals surface area contributed by atoms with E-state index < -0.39 is 0 Å². The minimum atomic E-state index is -0.312. The molecule has 7 heteroatoms. The van der Waals surface area contributed by atoms with Crippen molar-refractivity contribution in [3.05, 3.63) is 89.8 Å². The summed E-state index contributed by atoms with van der Waals surface area (Å²) in [7, 11) is 0. The van der Waals surface area contributed by atoms with Crippen molar-refractivity contribution in [2.24, 2.45) is 0 Å². The van der Waals surface area contributed by atoms with Crippen molar-refractivity contribution in [2.45, 2.75) is 6.42 Å². The minimum Gasteiger partial charge on any atom is -0.454 e. The molecule has 0 bridgehead atoms. The second kappa shape index (κ2) is 7.71. The number of ether oxygens (including phenoxy) is 2. The maximum atomic E-state index is 12.5. The molecule has 0 saturated heterocycles. The number of aromatic nitrogens is 2. The third-order valence-electron chi connectivity index (χ3n) is 4.73. The van der Waals surface area contributed by atoms with Crippen LogP contribution in [0.3, 0.4) is 0 Å². The van der Waals surface area contributed by atoms with Crippen LogP contribution < -0.4 is 14.8 Å². The number of carbonyl (C=O) groups is 1. The molecule has 0 aliphatic carbocycles.